The summed E-state index contributed by atoms with van der Waals surface area (Å²) in [7, 11) is 0. The standard InChI is InChI=1S/C11H19O/c1-10(2)6-5-8-11-7-3-4-9-12-11/h6-7,11H,3-5,8-9H2,1-2H3/t11-/m0/s1. The van der Waals surface area contributed by atoms with Crippen molar-refractivity contribution in [2.45, 2.75) is 45.6 Å². The second-order valence-corrected chi connectivity index (χ2v) is 3.65. The highest BCUT2D eigenvalue weighted by Gasteiger charge is 2.12. The van der Waals surface area contributed by atoms with E-state index in [0.29, 0.717) is 6.10 Å². The van der Waals surface area contributed by atoms with Gasteiger partial charge in [-0.25, -0.2) is 0 Å². The van der Waals surface area contributed by atoms with Gasteiger partial charge < -0.3 is 4.74 Å². The first-order valence-corrected chi connectivity index (χ1v) is 4.87. The summed E-state index contributed by atoms with van der Waals surface area (Å²) in [5.41, 5.74) is 1.41. The third-order valence-corrected chi connectivity index (χ3v) is 2.11. The van der Waals surface area contributed by atoms with E-state index in [1.54, 1.807) is 0 Å². The zero-order valence-corrected chi connectivity index (χ0v) is 8.18. The summed E-state index contributed by atoms with van der Waals surface area (Å²) in [4.78, 5) is 0. The zero-order valence-electron chi connectivity index (χ0n) is 8.18. The minimum absolute atomic E-state index is 0.425. The van der Waals surface area contributed by atoms with Crippen LogP contribution >= 0.6 is 0 Å². The van der Waals surface area contributed by atoms with Gasteiger partial charge in [-0.15, -0.1) is 0 Å². The van der Waals surface area contributed by atoms with E-state index in [9.17, 15) is 0 Å². The molecular formula is C11H19O. The lowest BCUT2D eigenvalue weighted by atomic mass is 10.0. The lowest BCUT2D eigenvalue weighted by Crippen LogP contribution is -2.19. The fourth-order valence-corrected chi connectivity index (χ4v) is 1.43. The van der Waals surface area contributed by atoms with Gasteiger partial charge in [-0.05, 0) is 46.0 Å². The molecule has 69 valence electrons. The van der Waals surface area contributed by atoms with Gasteiger partial charge in [-0.1, -0.05) is 11.6 Å². The molecule has 12 heavy (non-hydrogen) atoms. The Morgan fingerprint density at radius 1 is 1.58 bits per heavy atom. The Kier molecular flexibility index (Phi) is 4.37. The fraction of sp³-hybridized carbons (Fsp3) is 0.727. The molecule has 1 radical (unpaired) electrons. The molecule has 1 heterocycles. The van der Waals surface area contributed by atoms with E-state index in [2.05, 4.69) is 26.3 Å². The van der Waals surface area contributed by atoms with Crippen molar-refractivity contribution < 1.29 is 4.74 Å². The van der Waals surface area contributed by atoms with E-state index < -0.39 is 0 Å². The number of hydrogen-bond donors (Lipinski definition) is 0. The van der Waals surface area contributed by atoms with Crippen LogP contribution in [-0.2, 0) is 4.74 Å². The van der Waals surface area contributed by atoms with Crippen molar-refractivity contribution >= 4 is 0 Å². The topological polar surface area (TPSA) is 9.23 Å². The highest BCUT2D eigenvalue weighted by atomic mass is 16.5. The van der Waals surface area contributed by atoms with Crippen molar-refractivity contribution in [1.82, 2.24) is 0 Å². The van der Waals surface area contributed by atoms with Gasteiger partial charge in [0.05, 0.1) is 6.10 Å². The monoisotopic (exact) mass is 167 g/mol. The number of rotatable bonds is 3. The number of ether oxygens (including phenoxy) is 1. The second-order valence-electron chi connectivity index (χ2n) is 3.65. The Hall–Kier alpha value is -0.300. The number of hydrogen-bond acceptors (Lipinski definition) is 1. The molecule has 0 aromatic heterocycles. The fourth-order valence-electron chi connectivity index (χ4n) is 1.43. The van der Waals surface area contributed by atoms with Crippen LogP contribution in [-0.4, -0.2) is 12.7 Å². The highest BCUT2D eigenvalue weighted by molar-refractivity contribution is 4.94. The molecule has 0 aliphatic carbocycles. The lowest BCUT2D eigenvalue weighted by Gasteiger charge is -2.21. The maximum atomic E-state index is 5.57. The summed E-state index contributed by atoms with van der Waals surface area (Å²) in [5, 5.41) is 0. The summed E-state index contributed by atoms with van der Waals surface area (Å²) >= 11 is 0. The Morgan fingerprint density at radius 2 is 2.42 bits per heavy atom. The van der Waals surface area contributed by atoms with Gasteiger partial charge >= 0.3 is 0 Å². The molecule has 1 fully saturated rings. The minimum atomic E-state index is 0.425. The molecule has 0 unspecified atom stereocenters. The van der Waals surface area contributed by atoms with Gasteiger partial charge in [0.25, 0.3) is 0 Å². The molecule has 0 spiro atoms. The summed E-state index contributed by atoms with van der Waals surface area (Å²) < 4.78 is 5.57. The minimum Gasteiger partial charge on any atom is -0.378 e. The van der Waals surface area contributed by atoms with Crippen LogP contribution in [0, 0.1) is 6.42 Å². The van der Waals surface area contributed by atoms with Crippen molar-refractivity contribution in [1.29, 1.82) is 0 Å². The van der Waals surface area contributed by atoms with Crippen LogP contribution in [0.5, 0.6) is 0 Å². The lowest BCUT2D eigenvalue weighted by molar-refractivity contribution is 0.0448. The summed E-state index contributed by atoms with van der Waals surface area (Å²) in [5.74, 6) is 0. The molecule has 1 heteroatoms. The molecule has 0 N–H and O–H groups in total. The van der Waals surface area contributed by atoms with Crippen molar-refractivity contribution in [3.05, 3.63) is 18.1 Å². The Bertz CT molecular complexity index is 139. The van der Waals surface area contributed by atoms with E-state index in [1.165, 1.54) is 18.4 Å². The van der Waals surface area contributed by atoms with Crippen LogP contribution in [0.15, 0.2) is 11.6 Å². The van der Waals surface area contributed by atoms with E-state index in [1.807, 2.05) is 0 Å². The molecule has 0 amide bonds. The molecule has 0 saturated carbocycles. The predicted molar refractivity (Wildman–Crippen MR) is 51.9 cm³/mol. The average Bonchev–Trinajstić information content (AvgIpc) is 2.05. The average molecular weight is 167 g/mol. The van der Waals surface area contributed by atoms with Crippen LogP contribution < -0.4 is 0 Å². The molecule has 0 aromatic carbocycles. The van der Waals surface area contributed by atoms with E-state index in [4.69, 9.17) is 4.74 Å². The summed E-state index contributed by atoms with van der Waals surface area (Å²) in [6.45, 7) is 5.24. The summed E-state index contributed by atoms with van der Waals surface area (Å²) in [6, 6.07) is 0. The maximum Gasteiger partial charge on any atom is 0.0609 e. The normalized spacial score (nSPS) is 23.7. The first kappa shape index (κ1) is 9.79. The predicted octanol–water partition coefficient (Wildman–Crippen LogP) is 3.12. The Morgan fingerprint density at radius 3 is 3.00 bits per heavy atom. The first-order valence-electron chi connectivity index (χ1n) is 4.87. The van der Waals surface area contributed by atoms with E-state index in [0.717, 1.165) is 19.4 Å². The van der Waals surface area contributed by atoms with Crippen LogP contribution in [0.3, 0.4) is 0 Å². The Labute approximate surface area is 75.8 Å². The third kappa shape index (κ3) is 3.91. The quantitative estimate of drug-likeness (QED) is 0.587. The van der Waals surface area contributed by atoms with Crippen LogP contribution in [0.25, 0.3) is 0 Å². The van der Waals surface area contributed by atoms with Gasteiger partial charge in [0.1, 0.15) is 0 Å². The molecule has 1 aliphatic heterocycles. The third-order valence-electron chi connectivity index (χ3n) is 2.11. The Balaban J connectivity index is 2.09. The molecule has 1 nitrogen and oxygen atoms in total. The van der Waals surface area contributed by atoms with Gasteiger partial charge in [-0.3, -0.25) is 0 Å². The molecular weight excluding hydrogens is 148 g/mol. The van der Waals surface area contributed by atoms with Crippen molar-refractivity contribution in [2.24, 2.45) is 0 Å². The molecule has 1 atom stereocenters. The largest absolute Gasteiger partial charge is 0.378 e. The molecule has 0 aromatic rings. The number of allylic oxidation sites excluding steroid dienone is 2. The van der Waals surface area contributed by atoms with Crippen molar-refractivity contribution in [2.75, 3.05) is 6.61 Å². The van der Waals surface area contributed by atoms with Gasteiger partial charge in [0.2, 0.25) is 0 Å². The van der Waals surface area contributed by atoms with E-state index in [-0.39, 0.29) is 0 Å². The molecule has 0 bridgehead atoms. The van der Waals surface area contributed by atoms with Gasteiger partial charge in [0.15, 0.2) is 0 Å². The van der Waals surface area contributed by atoms with Crippen molar-refractivity contribution in [3.8, 4) is 0 Å². The summed E-state index contributed by atoms with van der Waals surface area (Å²) in [6.07, 6.45) is 9.77. The maximum absolute atomic E-state index is 5.57. The van der Waals surface area contributed by atoms with Crippen LogP contribution in [0.1, 0.15) is 39.5 Å². The molecule has 1 aliphatic rings. The SMILES string of the molecule is CC(C)=CCC[C@@H]1[CH]CCCO1. The molecule has 1 rings (SSSR count). The van der Waals surface area contributed by atoms with Crippen LogP contribution in [0.2, 0.25) is 0 Å². The zero-order chi connectivity index (χ0) is 8.81. The smallest absolute Gasteiger partial charge is 0.0609 e. The van der Waals surface area contributed by atoms with Gasteiger partial charge in [0, 0.05) is 6.61 Å². The highest BCUT2D eigenvalue weighted by Crippen LogP contribution is 2.16. The van der Waals surface area contributed by atoms with Gasteiger partial charge in [-0.2, -0.15) is 0 Å². The molecule has 1 saturated heterocycles. The first-order chi connectivity index (χ1) is 5.79. The second kappa shape index (κ2) is 5.36. The van der Waals surface area contributed by atoms with E-state index >= 15 is 0 Å². The van der Waals surface area contributed by atoms with Crippen molar-refractivity contribution in [3.63, 3.8) is 0 Å². The van der Waals surface area contributed by atoms with Crippen LogP contribution in [0.4, 0.5) is 0 Å².